The molecule has 4 atom stereocenters. The molecule has 3 aliphatic rings. The summed E-state index contributed by atoms with van der Waals surface area (Å²) in [4.78, 5) is 6.70. The number of benzene rings is 2. The number of hydrogen-bond donors (Lipinski definition) is 2. The van der Waals surface area contributed by atoms with Crippen LogP contribution in [0.25, 0.3) is 0 Å². The van der Waals surface area contributed by atoms with Gasteiger partial charge in [-0.1, -0.05) is 54.1 Å². The molecule has 2 aromatic carbocycles. The molecule has 3 aromatic rings. The molecule has 4 unspecified atom stereocenters. The summed E-state index contributed by atoms with van der Waals surface area (Å²) in [5, 5.41) is 32.6. The molecule has 180 valence electrons. The fraction of sp³-hybridized carbons (Fsp3) is 0.357. The summed E-state index contributed by atoms with van der Waals surface area (Å²) < 4.78 is 6.46. The van der Waals surface area contributed by atoms with Gasteiger partial charge in [-0.2, -0.15) is 5.26 Å². The van der Waals surface area contributed by atoms with E-state index in [1.54, 1.807) is 30.3 Å². The van der Waals surface area contributed by atoms with Gasteiger partial charge in [0.2, 0.25) is 0 Å². The zero-order valence-electron chi connectivity index (χ0n) is 19.6. The predicted octanol–water partition coefficient (Wildman–Crippen LogP) is 4.34. The Morgan fingerprint density at radius 2 is 1.80 bits per heavy atom. The third-order valence-electron chi connectivity index (χ3n) is 7.42. The Balaban J connectivity index is 0.000000371. The van der Waals surface area contributed by atoms with E-state index in [0.717, 1.165) is 5.56 Å². The van der Waals surface area contributed by atoms with E-state index < -0.39 is 17.3 Å². The van der Waals surface area contributed by atoms with Crippen molar-refractivity contribution in [1.82, 2.24) is 9.88 Å². The highest BCUT2D eigenvalue weighted by molar-refractivity contribution is 6.30. The molecule has 3 heterocycles. The molecule has 2 aliphatic heterocycles. The Bertz CT molecular complexity index is 1240. The molecule has 1 aliphatic carbocycles. The van der Waals surface area contributed by atoms with Crippen LogP contribution >= 0.6 is 11.6 Å². The monoisotopic (exact) mass is 489 g/mol. The lowest BCUT2D eigenvalue weighted by Crippen LogP contribution is -2.52. The highest BCUT2D eigenvalue weighted by atomic mass is 35.5. The van der Waals surface area contributed by atoms with Gasteiger partial charge in [0.1, 0.15) is 11.4 Å². The van der Waals surface area contributed by atoms with Gasteiger partial charge in [0.25, 0.3) is 0 Å². The van der Waals surface area contributed by atoms with Crippen LogP contribution in [0.1, 0.15) is 47.6 Å². The molecule has 0 spiro atoms. The van der Waals surface area contributed by atoms with Gasteiger partial charge in [0.05, 0.1) is 22.8 Å². The summed E-state index contributed by atoms with van der Waals surface area (Å²) in [6.45, 7) is 2.64. The summed E-state index contributed by atoms with van der Waals surface area (Å²) >= 11 is 6.12. The van der Waals surface area contributed by atoms with Crippen LogP contribution in [0, 0.1) is 11.3 Å². The average Bonchev–Trinajstić information content (AvgIpc) is 3.52. The number of likely N-dealkylation sites (tertiary alicyclic amines) is 1. The van der Waals surface area contributed by atoms with Gasteiger partial charge in [-0.05, 0) is 62.7 Å². The van der Waals surface area contributed by atoms with Crippen molar-refractivity contribution in [2.75, 3.05) is 20.1 Å². The van der Waals surface area contributed by atoms with Crippen LogP contribution in [0.15, 0.2) is 66.9 Å². The molecule has 7 heteroatoms. The number of fused-ring (bicyclic) bond motifs is 3. The topological polar surface area (TPSA) is 89.6 Å². The number of pyridine rings is 1. The average molecular weight is 490 g/mol. The van der Waals surface area contributed by atoms with E-state index in [1.807, 2.05) is 30.3 Å². The van der Waals surface area contributed by atoms with Gasteiger partial charge in [-0.25, -0.2) is 0 Å². The molecular formula is C28H28ClN3O3. The van der Waals surface area contributed by atoms with Gasteiger partial charge >= 0.3 is 0 Å². The van der Waals surface area contributed by atoms with Gasteiger partial charge in [-0.15, -0.1) is 0 Å². The number of aliphatic hydroxyl groups is 2. The largest absolute Gasteiger partial charge is 0.476 e. The molecule has 0 radical (unpaired) electrons. The first-order valence-electron chi connectivity index (χ1n) is 11.9. The minimum absolute atomic E-state index is 0.275. The molecule has 0 bridgehead atoms. The Morgan fingerprint density at radius 3 is 2.40 bits per heavy atom. The van der Waals surface area contributed by atoms with Gasteiger partial charge in [0.15, 0.2) is 11.2 Å². The predicted molar refractivity (Wildman–Crippen MR) is 133 cm³/mol. The Hall–Kier alpha value is -2.95. The number of ether oxygens (including phenoxy) is 1. The van der Waals surface area contributed by atoms with E-state index in [2.05, 4.69) is 23.0 Å². The Morgan fingerprint density at radius 1 is 1.11 bits per heavy atom. The molecular weight excluding hydrogens is 462 g/mol. The number of aliphatic hydroxyl groups excluding tert-OH is 1. The van der Waals surface area contributed by atoms with Gasteiger partial charge in [-0.3, -0.25) is 4.98 Å². The van der Waals surface area contributed by atoms with E-state index in [0.29, 0.717) is 28.3 Å². The van der Waals surface area contributed by atoms with Crippen molar-refractivity contribution in [1.29, 1.82) is 5.26 Å². The van der Waals surface area contributed by atoms with E-state index in [4.69, 9.17) is 16.3 Å². The summed E-state index contributed by atoms with van der Waals surface area (Å²) in [7, 11) is 2.17. The normalized spacial score (nSPS) is 28.9. The highest BCUT2D eigenvalue weighted by Crippen LogP contribution is 2.66. The third-order valence-corrected chi connectivity index (χ3v) is 7.63. The van der Waals surface area contributed by atoms with Crippen LogP contribution < -0.4 is 4.74 Å². The zero-order chi connectivity index (χ0) is 24.6. The summed E-state index contributed by atoms with van der Waals surface area (Å²) in [5.41, 5.74) is -0.690. The fourth-order valence-corrected chi connectivity index (χ4v) is 5.87. The highest BCUT2D eigenvalue weighted by Gasteiger charge is 2.73. The van der Waals surface area contributed by atoms with Crippen molar-refractivity contribution in [3.05, 3.63) is 94.3 Å². The van der Waals surface area contributed by atoms with Crippen molar-refractivity contribution in [3.8, 4) is 11.8 Å². The second kappa shape index (κ2) is 9.25. The molecule has 1 saturated heterocycles. The van der Waals surface area contributed by atoms with Crippen molar-refractivity contribution in [3.63, 3.8) is 0 Å². The SMILES string of the molecule is CN1CCCC1.N#Cc1ccc(C23Oc4cc(Cl)cnc4C2(O)C(O)CC3c2ccccc2)cc1. The van der Waals surface area contributed by atoms with Crippen molar-refractivity contribution in [2.24, 2.45) is 0 Å². The van der Waals surface area contributed by atoms with Crippen molar-refractivity contribution >= 4 is 11.6 Å². The first kappa shape index (κ1) is 23.8. The molecule has 2 fully saturated rings. The first-order chi connectivity index (χ1) is 16.9. The second-order valence-electron chi connectivity index (χ2n) is 9.52. The van der Waals surface area contributed by atoms with E-state index >= 15 is 0 Å². The summed E-state index contributed by atoms with van der Waals surface area (Å²) in [6.07, 6.45) is 3.47. The van der Waals surface area contributed by atoms with Crippen LogP contribution in [-0.2, 0) is 11.2 Å². The summed E-state index contributed by atoms with van der Waals surface area (Å²) in [5.74, 6) is 0.00801. The fourth-order valence-electron chi connectivity index (χ4n) is 5.72. The summed E-state index contributed by atoms with van der Waals surface area (Å²) in [6, 6.07) is 20.3. The number of rotatable bonds is 2. The maximum atomic E-state index is 12.0. The number of halogens is 1. The van der Waals surface area contributed by atoms with Crippen LogP contribution in [0.3, 0.4) is 0 Å². The molecule has 0 amide bonds. The molecule has 6 nitrogen and oxygen atoms in total. The number of nitrogens with zero attached hydrogens (tertiary/aromatic N) is 3. The first-order valence-corrected chi connectivity index (χ1v) is 12.3. The van der Waals surface area contributed by atoms with Crippen molar-refractivity contribution < 1.29 is 14.9 Å². The number of aromatic nitrogens is 1. The number of hydrogen-bond acceptors (Lipinski definition) is 6. The zero-order valence-corrected chi connectivity index (χ0v) is 20.3. The number of nitriles is 1. The molecule has 35 heavy (non-hydrogen) atoms. The van der Waals surface area contributed by atoms with E-state index in [-0.39, 0.29) is 11.6 Å². The smallest absolute Gasteiger partial charge is 0.180 e. The molecule has 1 saturated carbocycles. The van der Waals surface area contributed by atoms with Crippen molar-refractivity contribution in [2.45, 2.75) is 42.5 Å². The van der Waals surface area contributed by atoms with Crippen LogP contribution in [-0.4, -0.2) is 46.3 Å². The Kier molecular flexibility index (Phi) is 6.29. The standard InChI is InChI=1S/C23H17ClN2O3.C5H11N/c24-17-10-19-21(26-13-17)22(28)20(27)11-18(15-4-2-1-3-5-15)23(22,29-19)16-8-6-14(12-25)7-9-16;1-6-4-2-3-5-6/h1-10,13,18,20,27-28H,11H2;2-5H2,1H3. The minimum Gasteiger partial charge on any atom is -0.476 e. The molecule has 1 aromatic heterocycles. The van der Waals surface area contributed by atoms with Crippen LogP contribution in [0.4, 0.5) is 0 Å². The van der Waals surface area contributed by atoms with Gasteiger partial charge in [0, 0.05) is 18.2 Å². The van der Waals surface area contributed by atoms with Crippen LogP contribution in [0.5, 0.6) is 5.75 Å². The molecule has 2 N–H and O–H groups in total. The third kappa shape index (κ3) is 3.80. The second-order valence-corrected chi connectivity index (χ2v) is 9.96. The van der Waals surface area contributed by atoms with Crippen LogP contribution in [0.2, 0.25) is 5.02 Å². The lowest BCUT2D eigenvalue weighted by Gasteiger charge is -2.40. The lowest BCUT2D eigenvalue weighted by atomic mass is 9.72. The van der Waals surface area contributed by atoms with E-state index in [9.17, 15) is 15.5 Å². The molecule has 6 rings (SSSR count). The van der Waals surface area contributed by atoms with E-state index in [1.165, 1.54) is 32.1 Å². The Labute approximate surface area is 210 Å². The quantitative estimate of drug-likeness (QED) is 0.556. The minimum atomic E-state index is -1.76. The lowest BCUT2D eigenvalue weighted by molar-refractivity contribution is -0.151. The maximum Gasteiger partial charge on any atom is 0.180 e. The van der Waals surface area contributed by atoms with Gasteiger partial charge < -0.3 is 19.8 Å². The maximum absolute atomic E-state index is 12.0.